The van der Waals surface area contributed by atoms with Gasteiger partial charge < -0.3 is 54.3 Å². The highest BCUT2D eigenvalue weighted by Gasteiger charge is 2.63. The van der Waals surface area contributed by atoms with Gasteiger partial charge in [-0.25, -0.2) is 0 Å². The Bertz CT molecular complexity index is 1310. The highest BCUT2D eigenvalue weighted by atomic mass is 16.8. The van der Waals surface area contributed by atoms with Gasteiger partial charge in [0.1, 0.15) is 54.6 Å². The number of esters is 1. The predicted molar refractivity (Wildman–Crippen MR) is 183 cm³/mol. The SMILES string of the molecule is C[C@@H]([C@H]1CCC2C3CC(=O)C4C[C@@H](O[C@@H]5O[C@H](CO)[C@@H](O)[C@H](O)[C@H]5O[C@@H]5O[C@@H](C)[C@H](O)[C@@H](O)[C@H]5O)CC[C@]4(C)C3CC[C@@]21C)[C@H]1CC[C@H](C)C(=O)O1. The van der Waals surface area contributed by atoms with Crippen LogP contribution >= 0.6 is 0 Å². The number of aliphatic hydroxyl groups excluding tert-OH is 6. The van der Waals surface area contributed by atoms with Gasteiger partial charge >= 0.3 is 5.97 Å². The Balaban J connectivity index is 1.04. The normalized spacial score (nSPS) is 54.4. The first-order chi connectivity index (χ1) is 24.6. The van der Waals surface area contributed by atoms with Gasteiger partial charge in [-0.3, -0.25) is 9.59 Å². The van der Waals surface area contributed by atoms with Crippen LogP contribution in [0.1, 0.15) is 98.8 Å². The van der Waals surface area contributed by atoms with Crippen molar-refractivity contribution in [1.82, 2.24) is 0 Å². The lowest BCUT2D eigenvalue weighted by atomic mass is 9.44. The van der Waals surface area contributed by atoms with E-state index in [4.69, 9.17) is 23.7 Å². The second-order valence-corrected chi connectivity index (χ2v) is 18.2. The maximum Gasteiger partial charge on any atom is 0.308 e. The minimum absolute atomic E-state index is 0.0323. The summed E-state index contributed by atoms with van der Waals surface area (Å²) in [6.07, 6.45) is -5.83. The minimum atomic E-state index is -1.65. The van der Waals surface area contributed by atoms with Crippen LogP contribution in [0, 0.1) is 52.3 Å². The Morgan fingerprint density at radius 3 is 2.21 bits per heavy atom. The molecule has 4 aliphatic carbocycles. The molecule has 0 aromatic heterocycles. The Hall–Kier alpha value is -1.26. The van der Waals surface area contributed by atoms with E-state index >= 15 is 0 Å². The van der Waals surface area contributed by atoms with E-state index in [0.717, 1.165) is 44.9 Å². The first-order valence-corrected chi connectivity index (χ1v) is 19.9. The van der Waals surface area contributed by atoms with Crippen LogP contribution in [0.15, 0.2) is 0 Å². The fraction of sp³-hybridized carbons (Fsp3) is 0.949. The molecule has 0 aromatic rings. The lowest BCUT2D eigenvalue weighted by molar-refractivity contribution is -0.370. The van der Waals surface area contributed by atoms with Crippen molar-refractivity contribution in [2.24, 2.45) is 52.3 Å². The zero-order valence-electron chi connectivity index (χ0n) is 31.3. The van der Waals surface area contributed by atoms with Crippen LogP contribution in [0.2, 0.25) is 0 Å². The van der Waals surface area contributed by atoms with E-state index in [2.05, 4.69) is 20.8 Å². The lowest BCUT2D eigenvalue weighted by Gasteiger charge is -2.61. The second-order valence-electron chi connectivity index (χ2n) is 18.2. The van der Waals surface area contributed by atoms with Crippen LogP contribution in [0.3, 0.4) is 0 Å². The summed E-state index contributed by atoms with van der Waals surface area (Å²) in [5, 5.41) is 62.8. The van der Waals surface area contributed by atoms with Crippen LogP contribution in [0.25, 0.3) is 0 Å². The van der Waals surface area contributed by atoms with Gasteiger partial charge in [0.2, 0.25) is 0 Å². The van der Waals surface area contributed by atoms with Crippen molar-refractivity contribution in [2.75, 3.05) is 6.61 Å². The third-order valence-electron chi connectivity index (χ3n) is 15.5. The lowest BCUT2D eigenvalue weighted by Crippen LogP contribution is -2.64. The number of carbonyl (C=O) groups excluding carboxylic acids is 2. The molecule has 3 heterocycles. The van der Waals surface area contributed by atoms with Gasteiger partial charge in [0.25, 0.3) is 0 Å². The number of hydrogen-bond acceptors (Lipinski definition) is 13. The Morgan fingerprint density at radius 1 is 0.788 bits per heavy atom. The first kappa shape index (κ1) is 39.0. The highest BCUT2D eigenvalue weighted by Crippen LogP contribution is 2.68. The summed E-state index contributed by atoms with van der Waals surface area (Å²) in [5.74, 6) is 1.84. The monoisotopic (exact) mass is 738 g/mol. The van der Waals surface area contributed by atoms with Gasteiger partial charge in [-0.05, 0) is 105 Å². The Morgan fingerprint density at radius 2 is 1.50 bits per heavy atom. The van der Waals surface area contributed by atoms with Crippen molar-refractivity contribution in [3.63, 3.8) is 0 Å². The number of rotatable bonds is 7. The van der Waals surface area contributed by atoms with Crippen molar-refractivity contribution >= 4 is 11.8 Å². The second kappa shape index (κ2) is 14.7. The predicted octanol–water partition coefficient (Wildman–Crippen LogP) is 1.84. The maximum absolute atomic E-state index is 14.2. The third kappa shape index (κ3) is 6.50. The number of ketones is 1. The maximum atomic E-state index is 14.2. The quantitative estimate of drug-likeness (QED) is 0.163. The molecule has 3 aliphatic heterocycles. The van der Waals surface area contributed by atoms with Crippen LogP contribution in [0.5, 0.6) is 0 Å². The van der Waals surface area contributed by atoms with Crippen molar-refractivity contribution in [1.29, 1.82) is 0 Å². The molecule has 7 fully saturated rings. The van der Waals surface area contributed by atoms with Gasteiger partial charge in [0.15, 0.2) is 12.6 Å². The topological polar surface area (TPSA) is 202 Å². The third-order valence-corrected chi connectivity index (χ3v) is 15.5. The molecule has 7 aliphatic rings. The van der Waals surface area contributed by atoms with E-state index in [1.807, 2.05) is 6.92 Å². The minimum Gasteiger partial charge on any atom is -0.462 e. The van der Waals surface area contributed by atoms with E-state index < -0.39 is 74.1 Å². The molecule has 4 saturated carbocycles. The molecule has 13 nitrogen and oxygen atoms in total. The van der Waals surface area contributed by atoms with E-state index in [1.54, 1.807) is 0 Å². The summed E-state index contributed by atoms with van der Waals surface area (Å²) in [7, 11) is 0. The average Bonchev–Trinajstić information content (AvgIpc) is 3.47. The van der Waals surface area contributed by atoms with E-state index in [9.17, 15) is 40.2 Å². The van der Waals surface area contributed by atoms with Crippen LogP contribution in [0.4, 0.5) is 0 Å². The first-order valence-electron chi connectivity index (χ1n) is 19.9. The number of aliphatic hydroxyl groups is 6. The molecule has 13 heteroatoms. The number of ether oxygens (including phenoxy) is 5. The summed E-state index contributed by atoms with van der Waals surface area (Å²) < 4.78 is 29.9. The zero-order chi connectivity index (χ0) is 37.4. The van der Waals surface area contributed by atoms with E-state index in [1.165, 1.54) is 6.92 Å². The fourth-order valence-corrected chi connectivity index (χ4v) is 12.3. The van der Waals surface area contributed by atoms with Crippen molar-refractivity contribution in [2.45, 2.75) is 172 Å². The van der Waals surface area contributed by atoms with Crippen molar-refractivity contribution in [3.8, 4) is 0 Å². The molecule has 0 amide bonds. The molecular weight excluding hydrogens is 676 g/mol. The summed E-state index contributed by atoms with van der Waals surface area (Å²) in [6, 6.07) is 0. The van der Waals surface area contributed by atoms with Gasteiger partial charge in [-0.15, -0.1) is 0 Å². The summed E-state index contributed by atoms with van der Waals surface area (Å²) in [6.45, 7) is 9.86. The standard InChI is InChI=1S/C39H62O13/c1-17-6-9-27(50-35(17)47)18(2)22-7-8-23-21-15-26(41)25-14-20(10-12-39(25,5)24(21)11-13-38(22,23)4)49-37-34(32(45)30(43)28(16-40)51-37)52-36-33(46)31(44)29(42)19(3)48-36/h17-25,27-34,36-37,40,42-46H,6-16H2,1-5H3/t17-,18-,19-,20-,21?,22+,23?,24?,25?,27+,28+,29-,30+,31+,32-,33+,34+,36-,37+,38+,39+/m0/s1. The Kier molecular flexibility index (Phi) is 11.0. The fourth-order valence-electron chi connectivity index (χ4n) is 12.3. The molecule has 0 radical (unpaired) electrons. The molecule has 0 aromatic carbocycles. The van der Waals surface area contributed by atoms with Gasteiger partial charge in [-0.1, -0.05) is 27.7 Å². The van der Waals surface area contributed by atoms with E-state index in [-0.39, 0.29) is 46.4 Å². The number of hydrogen-bond donors (Lipinski definition) is 6. The van der Waals surface area contributed by atoms with Crippen molar-refractivity contribution < 1.29 is 63.9 Å². The smallest absolute Gasteiger partial charge is 0.308 e. The van der Waals surface area contributed by atoms with E-state index in [0.29, 0.717) is 42.9 Å². The van der Waals surface area contributed by atoms with Crippen LogP contribution in [-0.4, -0.2) is 123 Å². The molecule has 21 atom stereocenters. The molecule has 0 spiro atoms. The van der Waals surface area contributed by atoms with Crippen LogP contribution < -0.4 is 0 Å². The average molecular weight is 739 g/mol. The molecule has 296 valence electrons. The number of fused-ring (bicyclic) bond motifs is 5. The molecule has 6 N–H and O–H groups in total. The largest absolute Gasteiger partial charge is 0.462 e. The summed E-state index contributed by atoms with van der Waals surface area (Å²) in [5.41, 5.74) is -0.0941. The van der Waals surface area contributed by atoms with Gasteiger partial charge in [0, 0.05) is 12.3 Å². The summed E-state index contributed by atoms with van der Waals surface area (Å²) in [4.78, 5) is 26.7. The number of carbonyl (C=O) groups is 2. The van der Waals surface area contributed by atoms with Crippen molar-refractivity contribution in [3.05, 3.63) is 0 Å². The van der Waals surface area contributed by atoms with Gasteiger partial charge in [-0.2, -0.15) is 0 Å². The molecule has 52 heavy (non-hydrogen) atoms. The Labute approximate surface area is 306 Å². The zero-order valence-corrected chi connectivity index (χ0v) is 31.3. The number of cyclic esters (lactones) is 1. The number of Topliss-reactive ketones (excluding diaryl/α,β-unsaturated/α-hetero) is 1. The van der Waals surface area contributed by atoms with Crippen LogP contribution in [-0.2, 0) is 33.3 Å². The molecule has 7 rings (SSSR count). The van der Waals surface area contributed by atoms with Gasteiger partial charge in [0.05, 0.1) is 24.7 Å². The molecule has 3 saturated heterocycles. The molecular formula is C39H62O13. The molecule has 0 bridgehead atoms. The molecule has 4 unspecified atom stereocenters. The highest BCUT2D eigenvalue weighted by molar-refractivity contribution is 5.83. The summed E-state index contributed by atoms with van der Waals surface area (Å²) >= 11 is 0.